The van der Waals surface area contributed by atoms with Crippen LogP contribution in [-0.2, 0) is 0 Å². The lowest BCUT2D eigenvalue weighted by molar-refractivity contribution is 1.18. The van der Waals surface area contributed by atoms with Crippen molar-refractivity contribution in [2.75, 3.05) is 0 Å². The van der Waals surface area contributed by atoms with Crippen molar-refractivity contribution in [3.05, 3.63) is 183 Å². The average molecular weight is 663 g/mol. The highest BCUT2D eigenvalue weighted by molar-refractivity contribution is 6.27. The maximum Gasteiger partial charge on any atom is 0.160 e. The van der Waals surface area contributed by atoms with Gasteiger partial charge >= 0.3 is 0 Å². The van der Waals surface area contributed by atoms with Gasteiger partial charge in [0.25, 0.3) is 0 Å². The molecule has 0 fully saturated rings. The molecule has 4 nitrogen and oxygen atoms in total. The average Bonchev–Trinajstić information content (AvgIpc) is 3.23. The lowest BCUT2D eigenvalue weighted by Crippen LogP contribution is -1.97. The van der Waals surface area contributed by atoms with Crippen LogP contribution in [0, 0.1) is 0 Å². The molecule has 0 saturated carbocycles. The van der Waals surface area contributed by atoms with Gasteiger partial charge in [-0.05, 0) is 108 Å². The lowest BCUT2D eigenvalue weighted by atomic mass is 9.87. The second-order valence-corrected chi connectivity index (χ2v) is 13.1. The van der Waals surface area contributed by atoms with Crippen LogP contribution in [0.4, 0.5) is 0 Å². The molecule has 0 aliphatic heterocycles. The predicted octanol–water partition coefficient (Wildman–Crippen LogP) is 12.2. The van der Waals surface area contributed by atoms with Crippen LogP contribution in [0.5, 0.6) is 0 Å². The molecule has 10 rings (SSSR count). The Balaban J connectivity index is 1.13. The van der Waals surface area contributed by atoms with Crippen molar-refractivity contribution < 1.29 is 0 Å². The quantitative estimate of drug-likeness (QED) is 0.166. The summed E-state index contributed by atoms with van der Waals surface area (Å²) in [5.74, 6) is 0.665. The molecule has 0 amide bonds. The molecule has 10 aromatic rings. The third kappa shape index (κ3) is 5.17. The first-order chi connectivity index (χ1) is 25.8. The SMILES string of the molecule is c1ccc(-c2ccc3ccc4c(-c5cccc(-c6nc(-c7cccnc7)cc(-c7cccc(-c8ccncc8)c7)n6)c5)ccc5ccc2c3c54)cc1. The first kappa shape index (κ1) is 29.8. The third-order valence-electron chi connectivity index (χ3n) is 10.0. The number of hydrogen-bond acceptors (Lipinski definition) is 4. The largest absolute Gasteiger partial charge is 0.265 e. The summed E-state index contributed by atoms with van der Waals surface area (Å²) in [5, 5.41) is 7.59. The van der Waals surface area contributed by atoms with Crippen LogP contribution in [0.25, 0.3) is 99.6 Å². The van der Waals surface area contributed by atoms with Crippen molar-refractivity contribution in [1.82, 2.24) is 19.9 Å². The number of nitrogens with zero attached hydrogens (tertiary/aromatic N) is 4. The van der Waals surface area contributed by atoms with Crippen molar-refractivity contribution in [3.8, 4) is 67.3 Å². The molecule has 3 heterocycles. The number of pyridine rings is 2. The molecular weight excluding hydrogens is 633 g/mol. The van der Waals surface area contributed by atoms with Gasteiger partial charge < -0.3 is 0 Å². The molecule has 0 bridgehead atoms. The van der Waals surface area contributed by atoms with Crippen molar-refractivity contribution in [2.45, 2.75) is 0 Å². The Morgan fingerprint density at radius 1 is 0.327 bits per heavy atom. The highest BCUT2D eigenvalue weighted by Crippen LogP contribution is 2.43. The van der Waals surface area contributed by atoms with Gasteiger partial charge in [0.2, 0.25) is 0 Å². The summed E-state index contributed by atoms with van der Waals surface area (Å²) < 4.78 is 0. The van der Waals surface area contributed by atoms with E-state index in [1.165, 1.54) is 49.0 Å². The van der Waals surface area contributed by atoms with Crippen LogP contribution < -0.4 is 0 Å². The standard InChI is InChI=1S/C48H30N4/c1-2-7-32(8-3-1)40-18-14-33-17-21-43-41(19-15-34-16-20-42(40)46(33)47(34)43)36-10-5-12-38(28-36)48-51-44(29-45(52-48)39-13-6-24-50-30-39)37-11-4-9-35(27-37)31-22-25-49-26-23-31/h1-30H. The van der Waals surface area contributed by atoms with Crippen LogP contribution in [0.2, 0.25) is 0 Å². The smallest absolute Gasteiger partial charge is 0.160 e. The molecule has 0 unspecified atom stereocenters. The minimum atomic E-state index is 0.665. The van der Waals surface area contributed by atoms with Gasteiger partial charge in [0, 0.05) is 41.5 Å². The van der Waals surface area contributed by atoms with E-state index in [-0.39, 0.29) is 0 Å². The minimum Gasteiger partial charge on any atom is -0.265 e. The van der Waals surface area contributed by atoms with Gasteiger partial charge in [0.05, 0.1) is 11.4 Å². The van der Waals surface area contributed by atoms with E-state index in [9.17, 15) is 0 Å². The third-order valence-corrected chi connectivity index (χ3v) is 10.0. The highest BCUT2D eigenvalue weighted by Gasteiger charge is 2.17. The summed E-state index contributed by atoms with van der Waals surface area (Å²) in [6.45, 7) is 0. The summed E-state index contributed by atoms with van der Waals surface area (Å²) in [4.78, 5) is 18.9. The fourth-order valence-corrected chi connectivity index (χ4v) is 7.54. The molecule has 0 atom stereocenters. The van der Waals surface area contributed by atoms with Crippen molar-refractivity contribution in [2.24, 2.45) is 0 Å². The van der Waals surface area contributed by atoms with Crippen molar-refractivity contribution in [3.63, 3.8) is 0 Å². The van der Waals surface area contributed by atoms with Crippen LogP contribution in [0.3, 0.4) is 0 Å². The first-order valence-electron chi connectivity index (χ1n) is 17.4. The highest BCUT2D eigenvalue weighted by atomic mass is 14.9. The second-order valence-electron chi connectivity index (χ2n) is 13.1. The Kier molecular flexibility index (Phi) is 7.10. The fraction of sp³-hybridized carbons (Fsp3) is 0. The summed E-state index contributed by atoms with van der Waals surface area (Å²) in [7, 11) is 0. The zero-order chi connectivity index (χ0) is 34.4. The van der Waals surface area contributed by atoms with E-state index in [1.807, 2.05) is 42.9 Å². The van der Waals surface area contributed by atoms with E-state index in [2.05, 4.69) is 143 Å². The Labute approximate surface area is 301 Å². The number of rotatable bonds is 6. The van der Waals surface area contributed by atoms with Gasteiger partial charge in [-0.15, -0.1) is 0 Å². The molecule has 4 heteroatoms. The molecule has 0 aliphatic rings. The van der Waals surface area contributed by atoms with Gasteiger partial charge in [-0.2, -0.15) is 0 Å². The molecule has 242 valence electrons. The molecule has 0 saturated heterocycles. The number of aromatic nitrogens is 4. The van der Waals surface area contributed by atoms with Crippen molar-refractivity contribution in [1.29, 1.82) is 0 Å². The maximum atomic E-state index is 5.19. The summed E-state index contributed by atoms with van der Waals surface area (Å²) in [6, 6.07) is 56.0. The van der Waals surface area contributed by atoms with E-state index in [0.717, 1.165) is 44.8 Å². The van der Waals surface area contributed by atoms with Crippen LogP contribution in [-0.4, -0.2) is 19.9 Å². The Morgan fingerprint density at radius 3 is 1.62 bits per heavy atom. The minimum absolute atomic E-state index is 0.665. The number of hydrogen-bond donors (Lipinski definition) is 0. The topological polar surface area (TPSA) is 51.6 Å². The Bertz CT molecular complexity index is 2890. The summed E-state index contributed by atoms with van der Waals surface area (Å²) in [6.07, 6.45) is 7.28. The molecule has 0 N–H and O–H groups in total. The van der Waals surface area contributed by atoms with Gasteiger partial charge in [-0.25, -0.2) is 9.97 Å². The summed E-state index contributed by atoms with van der Waals surface area (Å²) in [5.41, 5.74) is 11.6. The van der Waals surface area contributed by atoms with Gasteiger partial charge in [-0.3, -0.25) is 9.97 Å². The monoisotopic (exact) mass is 662 g/mol. The Morgan fingerprint density at radius 2 is 0.904 bits per heavy atom. The predicted molar refractivity (Wildman–Crippen MR) is 214 cm³/mol. The summed E-state index contributed by atoms with van der Waals surface area (Å²) >= 11 is 0. The van der Waals surface area contributed by atoms with Crippen molar-refractivity contribution >= 4 is 32.3 Å². The van der Waals surface area contributed by atoms with E-state index in [1.54, 1.807) is 6.20 Å². The molecule has 52 heavy (non-hydrogen) atoms. The maximum absolute atomic E-state index is 5.19. The molecular formula is C48H30N4. The molecule has 0 aliphatic carbocycles. The second kappa shape index (κ2) is 12.4. The van der Waals surface area contributed by atoms with E-state index < -0.39 is 0 Å². The Hall–Kier alpha value is -7.04. The van der Waals surface area contributed by atoms with E-state index in [0.29, 0.717) is 5.82 Å². The van der Waals surface area contributed by atoms with Gasteiger partial charge in [0.1, 0.15) is 0 Å². The normalized spacial score (nSPS) is 11.5. The number of benzene rings is 7. The van der Waals surface area contributed by atoms with Crippen LogP contribution >= 0.6 is 0 Å². The fourth-order valence-electron chi connectivity index (χ4n) is 7.54. The molecule has 0 spiro atoms. The zero-order valence-electron chi connectivity index (χ0n) is 28.1. The van der Waals surface area contributed by atoms with E-state index >= 15 is 0 Å². The molecule has 7 aromatic carbocycles. The van der Waals surface area contributed by atoms with E-state index in [4.69, 9.17) is 9.97 Å². The molecule has 3 aromatic heterocycles. The lowest BCUT2D eigenvalue weighted by Gasteiger charge is -2.17. The van der Waals surface area contributed by atoms with Crippen LogP contribution in [0.15, 0.2) is 183 Å². The zero-order valence-corrected chi connectivity index (χ0v) is 28.1. The molecule has 0 radical (unpaired) electrons. The van der Waals surface area contributed by atoms with Gasteiger partial charge in [0.15, 0.2) is 5.82 Å². The van der Waals surface area contributed by atoms with Gasteiger partial charge in [-0.1, -0.05) is 115 Å². The first-order valence-corrected chi connectivity index (χ1v) is 17.4. The van der Waals surface area contributed by atoms with Crippen LogP contribution in [0.1, 0.15) is 0 Å².